The van der Waals surface area contributed by atoms with Crippen molar-refractivity contribution in [1.82, 2.24) is 20.4 Å². The molecule has 3 heterocycles. The van der Waals surface area contributed by atoms with Crippen LogP contribution in [0, 0.1) is 17.3 Å². The van der Waals surface area contributed by atoms with Crippen molar-refractivity contribution in [1.29, 1.82) is 0 Å². The van der Waals surface area contributed by atoms with Gasteiger partial charge in [-0.1, -0.05) is 58.4 Å². The number of ether oxygens (including phenoxy) is 2. The quantitative estimate of drug-likeness (QED) is 0.274. The van der Waals surface area contributed by atoms with Crippen LogP contribution in [0.4, 0.5) is 9.59 Å². The van der Waals surface area contributed by atoms with E-state index in [0.29, 0.717) is 13.1 Å². The zero-order valence-corrected chi connectivity index (χ0v) is 28.5. The van der Waals surface area contributed by atoms with Crippen LogP contribution in [0.15, 0.2) is 30.9 Å². The molecule has 0 unspecified atom stereocenters. The van der Waals surface area contributed by atoms with Crippen molar-refractivity contribution >= 4 is 31.6 Å². The maximum absolute atomic E-state index is 14.2. The second-order valence-electron chi connectivity index (χ2n) is 14.6. The lowest BCUT2D eigenvalue weighted by Crippen LogP contribution is -2.58. The van der Waals surface area contributed by atoms with Crippen molar-refractivity contribution in [3.05, 3.63) is 47.5 Å². The van der Waals surface area contributed by atoms with Crippen LogP contribution in [0.5, 0.6) is 0 Å². The predicted molar refractivity (Wildman–Crippen MR) is 172 cm³/mol. The molecule has 1 saturated carbocycles. The van der Waals surface area contributed by atoms with Crippen molar-refractivity contribution in [3.8, 4) is 0 Å². The Morgan fingerprint density at radius 2 is 1.89 bits per heavy atom. The molecule has 4 aliphatic rings. The summed E-state index contributed by atoms with van der Waals surface area (Å²) in [4.78, 5) is 77.5. The summed E-state index contributed by atoms with van der Waals surface area (Å²) in [6, 6.07) is 3.72. The molecule has 0 radical (unpaired) electrons. The number of fused-ring (bicyclic) bond motifs is 3. The van der Waals surface area contributed by atoms with Crippen molar-refractivity contribution in [2.45, 2.75) is 103 Å². The van der Waals surface area contributed by atoms with Gasteiger partial charge in [0.1, 0.15) is 23.5 Å². The molecule has 14 heteroatoms. The summed E-state index contributed by atoms with van der Waals surface area (Å²) in [5, 5.41) is 3.39. The summed E-state index contributed by atoms with van der Waals surface area (Å²) in [7, 11) is -4.81. The molecule has 2 fully saturated rings. The van der Waals surface area contributed by atoms with Gasteiger partial charge in [-0.2, -0.15) is 0 Å². The second-order valence-corrected chi connectivity index (χ2v) is 16.4. The van der Waals surface area contributed by atoms with E-state index in [2.05, 4.69) is 23.3 Å². The first-order chi connectivity index (χ1) is 22.0. The molecule has 47 heavy (non-hydrogen) atoms. The lowest BCUT2D eigenvalue weighted by molar-refractivity contribution is -0.142. The number of rotatable bonds is 4. The van der Waals surface area contributed by atoms with Gasteiger partial charge in [0.05, 0.1) is 13.2 Å². The van der Waals surface area contributed by atoms with Gasteiger partial charge in [-0.3, -0.25) is 19.1 Å². The number of cyclic esters (lactones) is 1. The van der Waals surface area contributed by atoms with Gasteiger partial charge in [0.2, 0.25) is 11.8 Å². The molecule has 13 nitrogen and oxygen atoms in total. The van der Waals surface area contributed by atoms with Gasteiger partial charge >= 0.3 is 19.8 Å². The molecule has 1 saturated heterocycles. The maximum atomic E-state index is 14.2. The summed E-state index contributed by atoms with van der Waals surface area (Å²) in [6.07, 6.45) is 2.63. The van der Waals surface area contributed by atoms with Crippen LogP contribution >= 0.6 is 7.60 Å². The SMILES string of the molecule is C=C[C@@H]1C[C@]1(NC(=O)[C@@H]1C[C@@H]2CN1C(=O)[C@H](C(C)(C)C)NC(=O)OC[C@H](C)CCCCc1cccc3c1CN(C3)C(=O)O2)P(=O)(O)O. The first kappa shape index (κ1) is 34.9. The van der Waals surface area contributed by atoms with E-state index < -0.39 is 66.4 Å². The number of hydrogen-bond acceptors (Lipinski definition) is 7. The Morgan fingerprint density at radius 1 is 1.17 bits per heavy atom. The van der Waals surface area contributed by atoms with Crippen LogP contribution in [0.1, 0.15) is 76.5 Å². The average Bonchev–Trinajstić information content (AvgIpc) is 3.31. The number of carbonyl (C=O) groups excluding carboxylic acids is 4. The van der Waals surface area contributed by atoms with Gasteiger partial charge in [0, 0.05) is 25.4 Å². The van der Waals surface area contributed by atoms with Crippen LogP contribution in [-0.4, -0.2) is 80.2 Å². The molecule has 4 bridgehead atoms. The fourth-order valence-electron chi connectivity index (χ4n) is 6.93. The predicted octanol–water partition coefficient (Wildman–Crippen LogP) is 3.81. The number of nitrogens with one attached hydrogen (secondary N) is 2. The molecule has 0 spiro atoms. The van der Waals surface area contributed by atoms with E-state index in [-0.39, 0.29) is 31.9 Å². The Bertz CT molecular complexity index is 1470. The van der Waals surface area contributed by atoms with E-state index in [9.17, 15) is 33.5 Å². The summed E-state index contributed by atoms with van der Waals surface area (Å²) >= 11 is 0. The second kappa shape index (κ2) is 13.2. The average molecular weight is 675 g/mol. The van der Waals surface area contributed by atoms with E-state index in [1.54, 1.807) is 25.7 Å². The van der Waals surface area contributed by atoms with E-state index in [1.807, 2.05) is 19.1 Å². The van der Waals surface area contributed by atoms with Crippen molar-refractivity contribution in [2.75, 3.05) is 13.2 Å². The molecular formula is C33H47N4O9P. The van der Waals surface area contributed by atoms with Gasteiger partial charge in [0.25, 0.3) is 0 Å². The third kappa shape index (κ3) is 7.37. The summed E-state index contributed by atoms with van der Waals surface area (Å²) in [5.41, 5.74) is 2.51. The van der Waals surface area contributed by atoms with Crippen LogP contribution in [-0.2, 0) is 43.1 Å². The summed E-state index contributed by atoms with van der Waals surface area (Å²) < 4.78 is 23.9. The number of benzene rings is 1. The van der Waals surface area contributed by atoms with E-state index in [0.717, 1.165) is 36.8 Å². The van der Waals surface area contributed by atoms with Gasteiger partial charge in [-0.25, -0.2) is 9.59 Å². The minimum Gasteiger partial charge on any atom is -0.449 e. The molecule has 6 atom stereocenters. The molecule has 4 N–H and O–H groups in total. The molecule has 1 aromatic carbocycles. The van der Waals surface area contributed by atoms with E-state index >= 15 is 0 Å². The Balaban J connectivity index is 1.44. The first-order valence-corrected chi connectivity index (χ1v) is 17.9. The lowest BCUT2D eigenvalue weighted by Gasteiger charge is -2.35. The lowest BCUT2D eigenvalue weighted by atomic mass is 9.85. The van der Waals surface area contributed by atoms with Crippen LogP contribution in [0.3, 0.4) is 0 Å². The van der Waals surface area contributed by atoms with Crippen LogP contribution in [0.2, 0.25) is 0 Å². The molecule has 1 aromatic rings. The van der Waals surface area contributed by atoms with E-state index in [4.69, 9.17) is 9.47 Å². The fraction of sp³-hybridized carbons (Fsp3) is 0.636. The third-order valence-electron chi connectivity index (χ3n) is 9.85. The number of aryl methyl sites for hydroxylation is 1. The first-order valence-electron chi connectivity index (χ1n) is 16.3. The van der Waals surface area contributed by atoms with Crippen molar-refractivity contribution < 1.29 is 43.0 Å². The van der Waals surface area contributed by atoms with Crippen LogP contribution in [0.25, 0.3) is 0 Å². The Kier molecular flexibility index (Phi) is 9.84. The molecular weight excluding hydrogens is 627 g/mol. The Labute approximate surface area is 275 Å². The smallest absolute Gasteiger partial charge is 0.410 e. The molecule has 258 valence electrons. The minimum absolute atomic E-state index is 0.000455. The fourth-order valence-corrected chi connectivity index (χ4v) is 8.16. The highest BCUT2D eigenvalue weighted by Gasteiger charge is 2.66. The van der Waals surface area contributed by atoms with Crippen molar-refractivity contribution in [2.24, 2.45) is 17.3 Å². The Morgan fingerprint density at radius 3 is 2.55 bits per heavy atom. The number of carbonyl (C=O) groups is 4. The van der Waals surface area contributed by atoms with E-state index in [1.165, 1.54) is 16.5 Å². The van der Waals surface area contributed by atoms with Gasteiger partial charge < -0.3 is 34.8 Å². The summed E-state index contributed by atoms with van der Waals surface area (Å²) in [6.45, 7) is 11.7. The van der Waals surface area contributed by atoms with Gasteiger partial charge in [0.15, 0.2) is 0 Å². The monoisotopic (exact) mass is 674 g/mol. The van der Waals surface area contributed by atoms with Gasteiger partial charge in [-0.15, -0.1) is 6.58 Å². The molecule has 0 aromatic heterocycles. The highest BCUT2D eigenvalue weighted by molar-refractivity contribution is 7.54. The minimum atomic E-state index is -4.81. The number of amides is 4. The normalized spacial score (nSPS) is 30.6. The molecule has 5 rings (SSSR count). The third-order valence-corrected chi connectivity index (χ3v) is 11.5. The molecule has 3 aliphatic heterocycles. The maximum Gasteiger partial charge on any atom is 0.410 e. The zero-order valence-electron chi connectivity index (χ0n) is 27.6. The molecule has 1 aliphatic carbocycles. The number of nitrogens with zero attached hydrogens (tertiary/aromatic N) is 2. The highest BCUT2D eigenvalue weighted by atomic mass is 31.2. The topological polar surface area (TPSA) is 175 Å². The highest BCUT2D eigenvalue weighted by Crippen LogP contribution is 2.67. The summed E-state index contributed by atoms with van der Waals surface area (Å²) in [5.74, 6) is -1.94. The number of hydrogen-bond donors (Lipinski definition) is 4. The largest absolute Gasteiger partial charge is 0.449 e. The zero-order chi connectivity index (χ0) is 34.3. The van der Waals surface area contributed by atoms with Crippen molar-refractivity contribution in [3.63, 3.8) is 0 Å². The molecule has 4 amide bonds. The van der Waals surface area contributed by atoms with Crippen LogP contribution < -0.4 is 10.6 Å². The Hall–Kier alpha value is -3.41. The van der Waals surface area contributed by atoms with Gasteiger partial charge in [-0.05, 0) is 53.7 Å². The number of alkyl carbamates (subject to hydrolysis) is 1. The standard InChI is InChI=1S/C33H47N4O9P/c1-6-23-15-33(23,47(42,43)44)35-28(38)26-14-24-17-37(26)29(39)27(32(3,4)5)34-30(40)45-19-20(2)10-7-8-11-21-12-9-13-22-16-36(18-25(21)22)31(41)46-24/h6,9,12-13,20,23-24,26-27H,1,7-8,10-11,14-19H2,2-5H3,(H,34,40)(H,35,38)(H2,42,43,44)/t20-,23-,24-,26+,27-,33+/m1/s1.